The monoisotopic (exact) mass is 307 g/mol. The van der Waals surface area contributed by atoms with Crippen molar-refractivity contribution in [2.24, 2.45) is 0 Å². The third-order valence-electron chi connectivity index (χ3n) is 2.80. The average molecular weight is 307 g/mol. The van der Waals surface area contributed by atoms with E-state index in [0.717, 1.165) is 5.56 Å². The number of rotatable bonds is 4. The number of thiophene rings is 1. The van der Waals surface area contributed by atoms with Crippen molar-refractivity contribution in [3.63, 3.8) is 0 Å². The van der Waals surface area contributed by atoms with Crippen molar-refractivity contribution in [3.8, 4) is 6.07 Å². The van der Waals surface area contributed by atoms with Gasteiger partial charge in [-0.1, -0.05) is 0 Å². The van der Waals surface area contributed by atoms with E-state index in [9.17, 15) is 8.42 Å². The first-order chi connectivity index (χ1) is 9.45. The van der Waals surface area contributed by atoms with Crippen LogP contribution in [0.25, 0.3) is 0 Å². The molecular formula is C13H13N3O2S2. The van der Waals surface area contributed by atoms with Gasteiger partial charge in [-0.05, 0) is 40.6 Å². The van der Waals surface area contributed by atoms with Crippen LogP contribution in [0, 0.1) is 11.3 Å². The summed E-state index contributed by atoms with van der Waals surface area (Å²) < 4.78 is 26.2. The van der Waals surface area contributed by atoms with Gasteiger partial charge in [-0.25, -0.2) is 8.42 Å². The summed E-state index contributed by atoms with van der Waals surface area (Å²) in [5.41, 5.74) is 6.91. The summed E-state index contributed by atoms with van der Waals surface area (Å²) in [6.07, 6.45) is 0. The molecule has 104 valence electrons. The second-order valence-electron chi connectivity index (χ2n) is 4.26. The fourth-order valence-corrected chi connectivity index (χ4v) is 3.69. The third-order valence-corrected chi connectivity index (χ3v) is 5.39. The number of nitrogens with zero attached hydrogens (tertiary/aromatic N) is 2. The molecule has 5 nitrogen and oxygen atoms in total. The molecule has 2 rings (SSSR count). The number of nitrogen functional groups attached to an aromatic ring is 1. The molecule has 0 bridgehead atoms. The molecule has 0 aliphatic heterocycles. The fraction of sp³-hybridized carbons (Fsp3) is 0.154. The summed E-state index contributed by atoms with van der Waals surface area (Å²) >= 11 is 1.51. The molecule has 0 aliphatic rings. The Hall–Kier alpha value is -1.88. The molecule has 7 heteroatoms. The van der Waals surface area contributed by atoms with Crippen LogP contribution in [0.3, 0.4) is 0 Å². The van der Waals surface area contributed by atoms with Gasteiger partial charge in [0.25, 0.3) is 0 Å². The van der Waals surface area contributed by atoms with Crippen molar-refractivity contribution in [2.75, 3.05) is 12.8 Å². The zero-order valence-corrected chi connectivity index (χ0v) is 12.4. The van der Waals surface area contributed by atoms with Gasteiger partial charge in [0.1, 0.15) is 11.0 Å². The largest absolute Gasteiger partial charge is 0.399 e. The van der Waals surface area contributed by atoms with Crippen LogP contribution < -0.4 is 5.73 Å². The number of hydrogen-bond donors (Lipinski definition) is 1. The smallest absolute Gasteiger partial charge is 0.244 e. The normalized spacial score (nSPS) is 11.4. The van der Waals surface area contributed by atoms with Crippen LogP contribution in [-0.4, -0.2) is 19.8 Å². The van der Waals surface area contributed by atoms with E-state index < -0.39 is 10.0 Å². The molecule has 1 heterocycles. The fourth-order valence-electron chi connectivity index (χ4n) is 1.75. The molecule has 0 aliphatic carbocycles. The average Bonchev–Trinajstić information content (AvgIpc) is 2.91. The van der Waals surface area contributed by atoms with Crippen LogP contribution in [0.2, 0.25) is 0 Å². The Kier molecular flexibility index (Phi) is 4.09. The molecule has 0 radical (unpaired) electrons. The summed E-state index contributed by atoms with van der Waals surface area (Å²) in [4.78, 5) is -0.0214. The zero-order valence-electron chi connectivity index (χ0n) is 10.8. The highest BCUT2D eigenvalue weighted by Crippen LogP contribution is 2.22. The second kappa shape index (κ2) is 5.63. The van der Waals surface area contributed by atoms with E-state index in [1.807, 2.05) is 22.9 Å². The van der Waals surface area contributed by atoms with E-state index in [1.54, 1.807) is 0 Å². The lowest BCUT2D eigenvalue weighted by atomic mass is 10.2. The highest BCUT2D eigenvalue weighted by atomic mass is 32.2. The lowest BCUT2D eigenvalue weighted by molar-refractivity contribution is 0.467. The summed E-state index contributed by atoms with van der Waals surface area (Å²) in [6.45, 7) is 0.265. The van der Waals surface area contributed by atoms with Gasteiger partial charge < -0.3 is 5.73 Å². The quantitative estimate of drug-likeness (QED) is 0.875. The lowest BCUT2D eigenvalue weighted by Crippen LogP contribution is -2.27. The molecule has 0 fully saturated rings. The van der Waals surface area contributed by atoms with Crippen LogP contribution in [0.5, 0.6) is 0 Å². The first-order valence-corrected chi connectivity index (χ1v) is 8.10. The summed E-state index contributed by atoms with van der Waals surface area (Å²) in [7, 11) is -2.22. The van der Waals surface area contributed by atoms with Gasteiger partial charge in [0.15, 0.2) is 0 Å². The SMILES string of the molecule is CN(Cc1ccsc1)S(=O)(=O)c1ccc(N)cc1C#N. The van der Waals surface area contributed by atoms with Gasteiger partial charge in [0.2, 0.25) is 10.0 Å². The minimum Gasteiger partial charge on any atom is -0.399 e. The maximum absolute atomic E-state index is 12.5. The van der Waals surface area contributed by atoms with E-state index in [4.69, 9.17) is 11.0 Å². The van der Waals surface area contributed by atoms with Crippen LogP contribution in [0.1, 0.15) is 11.1 Å². The minimum atomic E-state index is -3.71. The molecule has 1 aromatic carbocycles. The Balaban J connectivity index is 2.38. The van der Waals surface area contributed by atoms with Gasteiger partial charge in [0, 0.05) is 19.3 Å². The predicted octanol–water partition coefficient (Wildman–Crippen LogP) is 2.02. The van der Waals surface area contributed by atoms with E-state index in [-0.39, 0.29) is 17.0 Å². The first-order valence-electron chi connectivity index (χ1n) is 5.72. The number of nitrogens with two attached hydrogens (primary N) is 1. The van der Waals surface area contributed by atoms with E-state index in [1.165, 1.54) is 40.9 Å². The third kappa shape index (κ3) is 2.82. The standard InChI is InChI=1S/C13H13N3O2S2/c1-16(8-10-4-5-19-9-10)20(17,18)13-3-2-12(15)6-11(13)7-14/h2-6,9H,8,15H2,1H3. The predicted molar refractivity (Wildman–Crippen MR) is 78.5 cm³/mol. The maximum atomic E-state index is 12.5. The van der Waals surface area contributed by atoms with Crippen molar-refractivity contribution in [1.29, 1.82) is 5.26 Å². The molecular weight excluding hydrogens is 294 g/mol. The number of sulfonamides is 1. The van der Waals surface area contributed by atoms with Crippen molar-refractivity contribution in [2.45, 2.75) is 11.4 Å². The number of hydrogen-bond acceptors (Lipinski definition) is 5. The summed E-state index contributed by atoms with van der Waals surface area (Å²) in [6, 6.07) is 7.95. The molecule has 1 aromatic heterocycles. The van der Waals surface area contributed by atoms with Crippen LogP contribution in [-0.2, 0) is 16.6 Å². The highest BCUT2D eigenvalue weighted by molar-refractivity contribution is 7.89. The maximum Gasteiger partial charge on any atom is 0.244 e. The molecule has 0 spiro atoms. The topological polar surface area (TPSA) is 87.2 Å². The van der Waals surface area contributed by atoms with Crippen LogP contribution in [0.4, 0.5) is 5.69 Å². The molecule has 20 heavy (non-hydrogen) atoms. The van der Waals surface area contributed by atoms with E-state index in [0.29, 0.717) is 5.69 Å². The number of nitriles is 1. The molecule has 0 atom stereocenters. The Morgan fingerprint density at radius 2 is 2.15 bits per heavy atom. The Bertz CT molecular complexity index is 746. The number of benzene rings is 1. The molecule has 0 amide bonds. The zero-order chi connectivity index (χ0) is 14.8. The van der Waals surface area contributed by atoms with E-state index >= 15 is 0 Å². The van der Waals surface area contributed by atoms with Gasteiger partial charge in [-0.2, -0.15) is 20.9 Å². The van der Waals surface area contributed by atoms with Crippen molar-refractivity contribution in [3.05, 3.63) is 46.2 Å². The van der Waals surface area contributed by atoms with Crippen molar-refractivity contribution in [1.82, 2.24) is 4.31 Å². The second-order valence-corrected chi connectivity index (χ2v) is 7.05. The molecule has 0 saturated carbocycles. The van der Waals surface area contributed by atoms with Crippen molar-refractivity contribution < 1.29 is 8.42 Å². The van der Waals surface area contributed by atoms with Gasteiger partial charge >= 0.3 is 0 Å². The Morgan fingerprint density at radius 1 is 1.40 bits per heavy atom. The highest BCUT2D eigenvalue weighted by Gasteiger charge is 2.24. The summed E-state index contributed by atoms with van der Waals surface area (Å²) in [5, 5.41) is 12.8. The van der Waals surface area contributed by atoms with Gasteiger partial charge in [-0.15, -0.1) is 0 Å². The molecule has 0 unspecified atom stereocenters. The molecule has 2 N–H and O–H groups in total. The van der Waals surface area contributed by atoms with Crippen molar-refractivity contribution >= 4 is 27.0 Å². The van der Waals surface area contributed by atoms with Crippen LogP contribution >= 0.6 is 11.3 Å². The Morgan fingerprint density at radius 3 is 2.75 bits per heavy atom. The Labute approximate surface area is 121 Å². The first kappa shape index (κ1) is 14.5. The van der Waals surface area contributed by atoms with E-state index in [2.05, 4.69) is 0 Å². The molecule has 2 aromatic rings. The summed E-state index contributed by atoms with van der Waals surface area (Å²) in [5.74, 6) is 0. The van der Waals surface area contributed by atoms with Gasteiger partial charge in [0.05, 0.1) is 5.56 Å². The van der Waals surface area contributed by atoms with Gasteiger partial charge in [-0.3, -0.25) is 0 Å². The number of anilines is 1. The lowest BCUT2D eigenvalue weighted by Gasteiger charge is -2.17. The molecule has 0 saturated heterocycles. The van der Waals surface area contributed by atoms with Crippen LogP contribution in [0.15, 0.2) is 39.9 Å². The minimum absolute atomic E-state index is 0.0214.